The number of nitrogens with two attached hydrogens (primary N) is 1. The first-order valence-electron chi connectivity index (χ1n) is 7.52. The molecule has 1 unspecified atom stereocenters. The fourth-order valence-electron chi connectivity index (χ4n) is 3.24. The zero-order chi connectivity index (χ0) is 13.0. The van der Waals surface area contributed by atoms with Crippen LogP contribution in [0.2, 0.25) is 0 Å². The summed E-state index contributed by atoms with van der Waals surface area (Å²) in [5, 5.41) is 0. The molecule has 1 nitrogen and oxygen atoms in total. The first-order valence-corrected chi connectivity index (χ1v) is 7.52. The largest absolute Gasteiger partial charge is 0.330 e. The average Bonchev–Trinajstić information content (AvgIpc) is 2.47. The second kappa shape index (κ2) is 5.88. The van der Waals surface area contributed by atoms with Crippen LogP contribution < -0.4 is 5.73 Å². The summed E-state index contributed by atoms with van der Waals surface area (Å²) in [5.74, 6) is 0.666. The zero-order valence-corrected chi connectivity index (χ0v) is 11.9. The van der Waals surface area contributed by atoms with Crippen molar-refractivity contribution in [2.45, 2.75) is 63.7 Å². The van der Waals surface area contributed by atoms with Gasteiger partial charge in [-0.05, 0) is 36.3 Å². The molecule has 0 amide bonds. The van der Waals surface area contributed by atoms with Gasteiger partial charge in [0.2, 0.25) is 0 Å². The lowest BCUT2D eigenvalue weighted by Crippen LogP contribution is -2.37. The Morgan fingerprint density at radius 3 is 2.22 bits per heavy atom. The van der Waals surface area contributed by atoms with E-state index in [2.05, 4.69) is 38.1 Å². The number of hydrogen-bond acceptors (Lipinski definition) is 1. The second-order valence-electron chi connectivity index (χ2n) is 5.98. The first-order chi connectivity index (χ1) is 8.72. The van der Waals surface area contributed by atoms with Crippen molar-refractivity contribution in [3.05, 3.63) is 35.4 Å². The minimum absolute atomic E-state index is 0.270. The molecule has 1 aliphatic rings. The van der Waals surface area contributed by atoms with Crippen LogP contribution in [0.3, 0.4) is 0 Å². The van der Waals surface area contributed by atoms with Gasteiger partial charge in [0.05, 0.1) is 0 Å². The molecule has 1 atom stereocenters. The van der Waals surface area contributed by atoms with Crippen LogP contribution in [0.25, 0.3) is 0 Å². The Hall–Kier alpha value is -0.820. The lowest BCUT2D eigenvalue weighted by atomic mass is 9.69. The predicted octanol–water partition coefficient (Wildman–Crippen LogP) is 4.36. The van der Waals surface area contributed by atoms with E-state index >= 15 is 0 Å². The molecule has 1 saturated carbocycles. The van der Waals surface area contributed by atoms with E-state index in [1.807, 2.05) is 0 Å². The maximum Gasteiger partial charge on any atom is 0.00755 e. The molecule has 0 heterocycles. The molecule has 2 rings (SSSR count). The van der Waals surface area contributed by atoms with Gasteiger partial charge in [-0.1, -0.05) is 57.4 Å². The van der Waals surface area contributed by atoms with Gasteiger partial charge in [0, 0.05) is 12.0 Å². The summed E-state index contributed by atoms with van der Waals surface area (Å²) in [4.78, 5) is 0. The van der Waals surface area contributed by atoms with Gasteiger partial charge in [-0.25, -0.2) is 0 Å². The lowest BCUT2D eigenvalue weighted by molar-refractivity contribution is 0.301. The molecule has 0 spiro atoms. The lowest BCUT2D eigenvalue weighted by Gasteiger charge is -2.37. The van der Waals surface area contributed by atoms with E-state index in [4.69, 9.17) is 5.73 Å². The summed E-state index contributed by atoms with van der Waals surface area (Å²) in [5.41, 5.74) is 9.30. The summed E-state index contributed by atoms with van der Waals surface area (Å²) in [7, 11) is 0. The summed E-state index contributed by atoms with van der Waals surface area (Å²) in [6, 6.07) is 9.30. The molecule has 0 saturated heterocycles. The van der Waals surface area contributed by atoms with Gasteiger partial charge < -0.3 is 5.73 Å². The molecule has 1 fully saturated rings. The van der Waals surface area contributed by atoms with Crippen LogP contribution in [-0.4, -0.2) is 6.54 Å². The highest BCUT2D eigenvalue weighted by molar-refractivity contribution is 5.31. The molecular weight excluding hydrogens is 218 g/mol. The van der Waals surface area contributed by atoms with Crippen LogP contribution >= 0.6 is 0 Å². The summed E-state index contributed by atoms with van der Waals surface area (Å²) in [6.45, 7) is 5.35. The third-order valence-electron chi connectivity index (χ3n) is 4.91. The maximum absolute atomic E-state index is 6.09. The van der Waals surface area contributed by atoms with Crippen LogP contribution in [0, 0.1) is 0 Å². The fourth-order valence-corrected chi connectivity index (χ4v) is 3.24. The van der Waals surface area contributed by atoms with Crippen molar-refractivity contribution in [1.29, 1.82) is 0 Å². The van der Waals surface area contributed by atoms with Crippen LogP contribution in [0.1, 0.15) is 69.4 Å². The quantitative estimate of drug-likeness (QED) is 0.838. The van der Waals surface area contributed by atoms with Crippen molar-refractivity contribution >= 4 is 0 Å². The van der Waals surface area contributed by atoms with Crippen molar-refractivity contribution in [3.8, 4) is 0 Å². The highest BCUT2D eigenvalue weighted by Crippen LogP contribution is 2.39. The molecule has 18 heavy (non-hydrogen) atoms. The minimum Gasteiger partial charge on any atom is -0.330 e. The van der Waals surface area contributed by atoms with Crippen molar-refractivity contribution < 1.29 is 0 Å². The van der Waals surface area contributed by atoms with Gasteiger partial charge in [-0.15, -0.1) is 0 Å². The van der Waals surface area contributed by atoms with E-state index < -0.39 is 0 Å². The summed E-state index contributed by atoms with van der Waals surface area (Å²) < 4.78 is 0. The van der Waals surface area contributed by atoms with Gasteiger partial charge in [-0.3, -0.25) is 0 Å². The molecule has 1 aliphatic carbocycles. The summed E-state index contributed by atoms with van der Waals surface area (Å²) in [6.07, 6.45) is 7.81. The van der Waals surface area contributed by atoms with Crippen molar-refractivity contribution in [1.82, 2.24) is 0 Å². The molecule has 2 N–H and O–H groups in total. The first kappa shape index (κ1) is 13.6. The topological polar surface area (TPSA) is 26.0 Å². The molecule has 1 heteroatoms. The molecule has 0 bridgehead atoms. The molecule has 100 valence electrons. The number of benzene rings is 1. The number of rotatable bonds is 4. The SMILES string of the molecule is CCC(C)c1ccc(C2(CN)CCCCC2)cc1. The van der Waals surface area contributed by atoms with E-state index in [1.54, 1.807) is 0 Å². The van der Waals surface area contributed by atoms with E-state index in [0.29, 0.717) is 5.92 Å². The van der Waals surface area contributed by atoms with Crippen LogP contribution in [-0.2, 0) is 5.41 Å². The Kier molecular flexibility index (Phi) is 4.45. The van der Waals surface area contributed by atoms with E-state index in [9.17, 15) is 0 Å². The normalized spacial score (nSPS) is 20.6. The van der Waals surface area contributed by atoms with Crippen LogP contribution in [0.4, 0.5) is 0 Å². The van der Waals surface area contributed by atoms with Gasteiger partial charge in [-0.2, -0.15) is 0 Å². The molecule has 1 aromatic rings. The van der Waals surface area contributed by atoms with E-state index in [-0.39, 0.29) is 5.41 Å². The Labute approximate surface area is 112 Å². The standard InChI is InChI=1S/C17H27N/c1-3-14(2)15-7-9-16(10-8-15)17(13-18)11-5-4-6-12-17/h7-10,14H,3-6,11-13,18H2,1-2H3. The summed E-state index contributed by atoms with van der Waals surface area (Å²) >= 11 is 0. The van der Waals surface area contributed by atoms with Crippen molar-refractivity contribution in [3.63, 3.8) is 0 Å². The highest BCUT2D eigenvalue weighted by atomic mass is 14.6. The van der Waals surface area contributed by atoms with E-state index in [0.717, 1.165) is 6.54 Å². The third-order valence-corrected chi connectivity index (χ3v) is 4.91. The van der Waals surface area contributed by atoms with Crippen LogP contribution in [0.15, 0.2) is 24.3 Å². The molecule has 0 radical (unpaired) electrons. The zero-order valence-electron chi connectivity index (χ0n) is 11.9. The Morgan fingerprint density at radius 1 is 1.11 bits per heavy atom. The molecular formula is C17H27N. The fraction of sp³-hybridized carbons (Fsp3) is 0.647. The highest BCUT2D eigenvalue weighted by Gasteiger charge is 2.32. The predicted molar refractivity (Wildman–Crippen MR) is 79.0 cm³/mol. The Bertz CT molecular complexity index is 360. The van der Waals surface area contributed by atoms with Gasteiger partial charge in [0.15, 0.2) is 0 Å². The number of hydrogen-bond donors (Lipinski definition) is 1. The second-order valence-corrected chi connectivity index (χ2v) is 5.98. The van der Waals surface area contributed by atoms with Crippen molar-refractivity contribution in [2.75, 3.05) is 6.54 Å². The monoisotopic (exact) mass is 245 g/mol. The minimum atomic E-state index is 0.270. The Balaban J connectivity index is 2.21. The average molecular weight is 245 g/mol. The molecule has 0 aromatic heterocycles. The smallest absolute Gasteiger partial charge is 0.00755 e. The Morgan fingerprint density at radius 2 is 1.72 bits per heavy atom. The van der Waals surface area contributed by atoms with Crippen LogP contribution in [0.5, 0.6) is 0 Å². The maximum atomic E-state index is 6.09. The molecule has 1 aromatic carbocycles. The van der Waals surface area contributed by atoms with E-state index in [1.165, 1.54) is 49.7 Å². The van der Waals surface area contributed by atoms with Gasteiger partial charge in [0.1, 0.15) is 0 Å². The van der Waals surface area contributed by atoms with Crippen molar-refractivity contribution in [2.24, 2.45) is 5.73 Å². The van der Waals surface area contributed by atoms with Gasteiger partial charge in [0.25, 0.3) is 0 Å². The van der Waals surface area contributed by atoms with Gasteiger partial charge >= 0.3 is 0 Å². The third kappa shape index (κ3) is 2.61. The molecule has 0 aliphatic heterocycles.